The number of rotatable bonds is 7. The Kier molecular flexibility index (Phi) is 8.11. The van der Waals surface area contributed by atoms with Gasteiger partial charge in [-0.15, -0.1) is 0 Å². The summed E-state index contributed by atoms with van der Waals surface area (Å²) in [5.74, 6) is 0. The Morgan fingerprint density at radius 3 is 1.56 bits per heavy atom. The third-order valence-corrected chi connectivity index (χ3v) is 12.8. The van der Waals surface area contributed by atoms with Gasteiger partial charge in [0.05, 0.1) is 16.4 Å². The molecule has 12 rings (SSSR count). The number of aromatic nitrogens is 1. The summed E-state index contributed by atoms with van der Waals surface area (Å²) in [6.45, 7) is 0. The van der Waals surface area contributed by atoms with Gasteiger partial charge in [-0.05, 0) is 128 Å². The maximum atomic E-state index is 2.46. The molecular formula is C59H40N2. The Hall–Kier alpha value is -7.94. The first-order valence-electron chi connectivity index (χ1n) is 21.1. The highest BCUT2D eigenvalue weighted by atomic mass is 15.1. The summed E-state index contributed by atoms with van der Waals surface area (Å²) in [4.78, 5) is 2.37. The number of benzene rings is 10. The SMILES string of the molecule is c1ccc(N(c2ccc(-c3ccc4c(c3)C(c3ccccc3)(c3ccccc3)c3cc5ccccc5cc3-4)cc2)c2ccc3c4ccccc4n(-c4ccccc4)c3c2)cc1. The Labute approximate surface area is 355 Å². The van der Waals surface area contributed by atoms with Crippen LogP contribution in [0.5, 0.6) is 0 Å². The molecule has 0 N–H and O–H groups in total. The molecule has 1 aromatic heterocycles. The molecule has 0 saturated carbocycles. The highest BCUT2D eigenvalue weighted by molar-refractivity contribution is 6.10. The van der Waals surface area contributed by atoms with Gasteiger partial charge in [-0.2, -0.15) is 0 Å². The van der Waals surface area contributed by atoms with E-state index in [1.54, 1.807) is 0 Å². The van der Waals surface area contributed by atoms with Gasteiger partial charge in [0.15, 0.2) is 0 Å². The van der Waals surface area contributed by atoms with E-state index in [4.69, 9.17) is 0 Å². The highest BCUT2D eigenvalue weighted by Crippen LogP contribution is 2.57. The van der Waals surface area contributed by atoms with Crippen LogP contribution in [0, 0.1) is 0 Å². The van der Waals surface area contributed by atoms with E-state index < -0.39 is 5.41 Å². The summed E-state index contributed by atoms with van der Waals surface area (Å²) in [5.41, 5.74) is 16.5. The van der Waals surface area contributed by atoms with Crippen molar-refractivity contribution in [2.75, 3.05) is 4.90 Å². The van der Waals surface area contributed by atoms with Crippen molar-refractivity contribution in [3.8, 4) is 27.9 Å². The van der Waals surface area contributed by atoms with E-state index in [0.29, 0.717) is 0 Å². The van der Waals surface area contributed by atoms with E-state index >= 15 is 0 Å². The molecule has 0 aliphatic heterocycles. The van der Waals surface area contributed by atoms with Crippen LogP contribution >= 0.6 is 0 Å². The summed E-state index contributed by atoms with van der Waals surface area (Å²) >= 11 is 0. The van der Waals surface area contributed by atoms with Crippen LogP contribution in [-0.4, -0.2) is 4.57 Å². The van der Waals surface area contributed by atoms with E-state index in [9.17, 15) is 0 Å². The second-order valence-electron chi connectivity index (χ2n) is 16.1. The lowest BCUT2D eigenvalue weighted by molar-refractivity contribution is 0.770. The normalized spacial score (nSPS) is 12.7. The minimum atomic E-state index is -0.488. The molecule has 0 spiro atoms. The maximum Gasteiger partial charge on any atom is 0.0714 e. The molecule has 0 saturated heterocycles. The van der Waals surface area contributed by atoms with Crippen LogP contribution in [-0.2, 0) is 5.41 Å². The molecule has 0 amide bonds. The van der Waals surface area contributed by atoms with E-state index in [0.717, 1.165) is 22.7 Å². The van der Waals surface area contributed by atoms with Gasteiger partial charge < -0.3 is 9.47 Å². The van der Waals surface area contributed by atoms with Gasteiger partial charge in [-0.25, -0.2) is 0 Å². The van der Waals surface area contributed by atoms with Gasteiger partial charge in [0.1, 0.15) is 0 Å². The molecule has 286 valence electrons. The van der Waals surface area contributed by atoms with Crippen LogP contribution < -0.4 is 4.90 Å². The van der Waals surface area contributed by atoms with Crippen molar-refractivity contribution in [2.45, 2.75) is 5.41 Å². The minimum absolute atomic E-state index is 0.488. The maximum absolute atomic E-state index is 2.46. The summed E-state index contributed by atoms with van der Waals surface area (Å²) in [5, 5.41) is 5.00. The van der Waals surface area contributed by atoms with Crippen LogP contribution in [0.1, 0.15) is 22.3 Å². The number of hydrogen-bond donors (Lipinski definition) is 0. The average molecular weight is 777 g/mol. The zero-order valence-electron chi connectivity index (χ0n) is 33.5. The largest absolute Gasteiger partial charge is 0.310 e. The van der Waals surface area contributed by atoms with Gasteiger partial charge in [0, 0.05) is 33.5 Å². The summed E-state index contributed by atoms with van der Waals surface area (Å²) in [7, 11) is 0. The number of fused-ring (bicyclic) bond motifs is 7. The first-order chi connectivity index (χ1) is 30.3. The lowest BCUT2D eigenvalue weighted by Crippen LogP contribution is -2.28. The Morgan fingerprint density at radius 2 is 0.852 bits per heavy atom. The predicted molar refractivity (Wildman–Crippen MR) is 256 cm³/mol. The molecule has 11 aromatic rings. The van der Waals surface area contributed by atoms with Crippen LogP contribution in [0.25, 0.3) is 60.5 Å². The Morgan fingerprint density at radius 1 is 0.328 bits per heavy atom. The van der Waals surface area contributed by atoms with Gasteiger partial charge in [-0.3, -0.25) is 0 Å². The zero-order valence-corrected chi connectivity index (χ0v) is 33.5. The molecule has 0 atom stereocenters. The van der Waals surface area contributed by atoms with E-state index in [1.165, 1.54) is 77.1 Å². The number of para-hydroxylation sites is 3. The average Bonchev–Trinajstić information content (AvgIpc) is 3.82. The molecule has 61 heavy (non-hydrogen) atoms. The fraction of sp³-hybridized carbons (Fsp3) is 0.0169. The second kappa shape index (κ2) is 14.1. The van der Waals surface area contributed by atoms with Gasteiger partial charge in [0.2, 0.25) is 0 Å². The smallest absolute Gasteiger partial charge is 0.0714 e. The summed E-state index contributed by atoms with van der Waals surface area (Å²) in [6, 6.07) is 89.0. The second-order valence-corrected chi connectivity index (χ2v) is 16.1. The molecule has 0 unspecified atom stereocenters. The molecule has 2 heteroatoms. The topological polar surface area (TPSA) is 8.17 Å². The fourth-order valence-corrected chi connectivity index (χ4v) is 10.1. The predicted octanol–water partition coefficient (Wildman–Crippen LogP) is 15.4. The Balaban J connectivity index is 1.01. The van der Waals surface area contributed by atoms with Crippen molar-refractivity contribution in [1.29, 1.82) is 0 Å². The van der Waals surface area contributed by atoms with E-state index in [-0.39, 0.29) is 0 Å². The molecule has 1 aliphatic rings. The van der Waals surface area contributed by atoms with Gasteiger partial charge >= 0.3 is 0 Å². The van der Waals surface area contributed by atoms with E-state index in [1.807, 2.05) is 0 Å². The van der Waals surface area contributed by atoms with Crippen molar-refractivity contribution in [3.05, 3.63) is 265 Å². The molecule has 0 radical (unpaired) electrons. The standard InChI is InChI=1S/C59H40N2/c1-5-19-45(20-6-1)59(46-21-7-2-8-22-46)55-39-44(31-35-51(55)54-37-42-17-13-14-18-43(42)38-56(54)59)41-29-32-49(33-30-41)60(47-23-9-3-10-24-47)50-34-36-53-52-27-15-16-28-57(52)61(58(53)40-50)48-25-11-4-12-26-48/h1-40H. The number of nitrogens with zero attached hydrogens (tertiary/aromatic N) is 2. The molecule has 1 aliphatic carbocycles. The highest BCUT2D eigenvalue weighted by Gasteiger charge is 2.46. The van der Waals surface area contributed by atoms with Gasteiger partial charge in [-0.1, -0.05) is 170 Å². The van der Waals surface area contributed by atoms with E-state index in [2.05, 4.69) is 252 Å². The Bertz CT molecular complexity index is 3350. The lowest BCUT2D eigenvalue weighted by atomic mass is 9.67. The van der Waals surface area contributed by atoms with Crippen molar-refractivity contribution in [3.63, 3.8) is 0 Å². The number of hydrogen-bond acceptors (Lipinski definition) is 1. The molecular weight excluding hydrogens is 737 g/mol. The van der Waals surface area contributed by atoms with Crippen LogP contribution in [0.2, 0.25) is 0 Å². The molecule has 2 nitrogen and oxygen atoms in total. The first-order valence-corrected chi connectivity index (χ1v) is 21.1. The van der Waals surface area contributed by atoms with Crippen molar-refractivity contribution >= 4 is 49.6 Å². The van der Waals surface area contributed by atoms with Crippen molar-refractivity contribution in [1.82, 2.24) is 4.57 Å². The monoisotopic (exact) mass is 776 g/mol. The molecule has 0 fully saturated rings. The first kappa shape index (κ1) is 35.0. The fourth-order valence-electron chi connectivity index (χ4n) is 10.1. The molecule has 0 bridgehead atoms. The molecule has 1 heterocycles. The number of anilines is 3. The van der Waals surface area contributed by atoms with Crippen molar-refractivity contribution < 1.29 is 0 Å². The summed E-state index contributed by atoms with van der Waals surface area (Å²) < 4.78 is 2.39. The molecule has 10 aromatic carbocycles. The van der Waals surface area contributed by atoms with Crippen molar-refractivity contribution in [2.24, 2.45) is 0 Å². The minimum Gasteiger partial charge on any atom is -0.310 e. The summed E-state index contributed by atoms with van der Waals surface area (Å²) in [6.07, 6.45) is 0. The zero-order chi connectivity index (χ0) is 40.3. The van der Waals surface area contributed by atoms with Crippen LogP contribution in [0.4, 0.5) is 17.1 Å². The third-order valence-electron chi connectivity index (χ3n) is 12.8. The third kappa shape index (κ3) is 5.50. The van der Waals surface area contributed by atoms with Gasteiger partial charge in [0.25, 0.3) is 0 Å². The van der Waals surface area contributed by atoms with Crippen LogP contribution in [0.15, 0.2) is 243 Å². The van der Waals surface area contributed by atoms with Crippen LogP contribution in [0.3, 0.4) is 0 Å². The quantitative estimate of drug-likeness (QED) is 0.156. The lowest BCUT2D eigenvalue weighted by Gasteiger charge is -2.34.